The van der Waals surface area contributed by atoms with E-state index in [2.05, 4.69) is 5.32 Å². The van der Waals surface area contributed by atoms with Gasteiger partial charge in [0.1, 0.15) is 18.3 Å². The van der Waals surface area contributed by atoms with Crippen molar-refractivity contribution >= 4 is 39.1 Å². The van der Waals surface area contributed by atoms with Crippen LogP contribution in [0.5, 0.6) is 5.75 Å². The second kappa shape index (κ2) is 12.1. The normalized spacial score (nSPS) is 11.9. The molecule has 3 aromatic carbocycles. The van der Waals surface area contributed by atoms with Gasteiger partial charge < -0.3 is 15.0 Å². The minimum absolute atomic E-state index is 0.00489. The number of carbonyl (C=O) groups excluding carboxylic acids is 2. The smallest absolute Gasteiger partial charge is 0.264 e. The first-order chi connectivity index (χ1) is 17.6. The number of anilines is 1. The lowest BCUT2D eigenvalue weighted by Crippen LogP contribution is -2.50. The topological polar surface area (TPSA) is 96.0 Å². The molecule has 1 N–H and O–H groups in total. The number of methoxy groups -OCH3 is 1. The highest BCUT2D eigenvalue weighted by Crippen LogP contribution is 2.26. The van der Waals surface area contributed by atoms with Gasteiger partial charge in [-0.15, -0.1) is 0 Å². The van der Waals surface area contributed by atoms with Crippen LogP contribution in [0.1, 0.15) is 18.1 Å². The first-order valence-corrected chi connectivity index (χ1v) is 13.4. The summed E-state index contributed by atoms with van der Waals surface area (Å²) in [7, 11) is -1.17. The molecule has 1 atom stereocenters. The van der Waals surface area contributed by atoms with Crippen LogP contribution in [0, 0.1) is 6.92 Å². The molecule has 2 amide bonds. The van der Waals surface area contributed by atoms with Gasteiger partial charge in [-0.1, -0.05) is 41.4 Å². The van der Waals surface area contributed by atoms with Crippen LogP contribution >= 0.6 is 11.6 Å². The summed E-state index contributed by atoms with van der Waals surface area (Å²) < 4.78 is 33.7. The van der Waals surface area contributed by atoms with Gasteiger partial charge in [0.05, 0.1) is 17.7 Å². The van der Waals surface area contributed by atoms with E-state index in [-0.39, 0.29) is 17.3 Å². The van der Waals surface area contributed by atoms with Crippen molar-refractivity contribution in [2.75, 3.05) is 25.0 Å². The number of nitrogens with zero attached hydrogens (tertiary/aromatic N) is 2. The molecule has 0 fully saturated rings. The van der Waals surface area contributed by atoms with Crippen LogP contribution in [0.25, 0.3) is 0 Å². The zero-order valence-corrected chi connectivity index (χ0v) is 22.7. The molecule has 3 rings (SSSR count). The lowest BCUT2D eigenvalue weighted by Gasteiger charge is -2.31. The SMILES string of the molecule is CNC(=O)[C@H](C)N(Cc1ccc(Cl)cc1)C(=O)CN(c1ccc(C)cc1)S(=O)(=O)c1ccc(OC)cc1. The molecule has 0 aliphatic carbocycles. The molecule has 0 aliphatic heterocycles. The maximum atomic E-state index is 13.8. The van der Waals surface area contributed by atoms with E-state index < -0.39 is 28.5 Å². The fraction of sp³-hybridized carbons (Fsp3) is 0.259. The fourth-order valence-corrected chi connectivity index (χ4v) is 5.23. The lowest BCUT2D eigenvalue weighted by atomic mass is 10.1. The molecule has 37 heavy (non-hydrogen) atoms. The van der Waals surface area contributed by atoms with E-state index >= 15 is 0 Å². The van der Waals surface area contributed by atoms with Crippen LogP contribution in [0.15, 0.2) is 77.7 Å². The second-order valence-corrected chi connectivity index (χ2v) is 10.8. The van der Waals surface area contributed by atoms with Crippen molar-refractivity contribution in [3.63, 3.8) is 0 Å². The van der Waals surface area contributed by atoms with Gasteiger partial charge in [-0.25, -0.2) is 8.42 Å². The number of halogens is 1. The van der Waals surface area contributed by atoms with E-state index in [4.69, 9.17) is 16.3 Å². The van der Waals surface area contributed by atoms with Gasteiger partial charge in [-0.3, -0.25) is 13.9 Å². The molecule has 3 aromatic rings. The Morgan fingerprint density at radius 2 is 1.57 bits per heavy atom. The van der Waals surface area contributed by atoms with Gasteiger partial charge in [0.25, 0.3) is 10.0 Å². The fourth-order valence-electron chi connectivity index (χ4n) is 3.69. The predicted octanol–water partition coefficient (Wildman–Crippen LogP) is 4.02. The third-order valence-electron chi connectivity index (χ3n) is 5.93. The van der Waals surface area contributed by atoms with E-state index in [9.17, 15) is 18.0 Å². The van der Waals surface area contributed by atoms with Crippen molar-refractivity contribution in [2.45, 2.75) is 31.3 Å². The Hall–Kier alpha value is -3.56. The highest BCUT2D eigenvalue weighted by atomic mass is 35.5. The molecular weight excluding hydrogens is 514 g/mol. The van der Waals surface area contributed by atoms with E-state index in [1.807, 2.05) is 6.92 Å². The molecule has 0 saturated carbocycles. The number of amides is 2. The van der Waals surface area contributed by atoms with Gasteiger partial charge in [-0.2, -0.15) is 0 Å². The van der Waals surface area contributed by atoms with Crippen LogP contribution in [-0.4, -0.2) is 51.9 Å². The first kappa shape index (κ1) is 28.0. The molecule has 0 aliphatic rings. The minimum Gasteiger partial charge on any atom is -0.497 e. The van der Waals surface area contributed by atoms with Crippen LogP contribution in [0.2, 0.25) is 5.02 Å². The van der Waals surface area contributed by atoms with Gasteiger partial charge in [-0.05, 0) is 67.9 Å². The van der Waals surface area contributed by atoms with Gasteiger partial charge in [0, 0.05) is 18.6 Å². The summed E-state index contributed by atoms with van der Waals surface area (Å²) >= 11 is 6.00. The maximum absolute atomic E-state index is 13.8. The largest absolute Gasteiger partial charge is 0.497 e. The Labute approximate surface area is 222 Å². The van der Waals surface area contributed by atoms with Crippen molar-refractivity contribution in [1.29, 1.82) is 0 Å². The lowest BCUT2D eigenvalue weighted by molar-refractivity contribution is -0.139. The van der Waals surface area contributed by atoms with Gasteiger partial charge in [0.15, 0.2) is 0 Å². The number of aryl methyl sites for hydroxylation is 1. The number of hydrogen-bond donors (Lipinski definition) is 1. The predicted molar refractivity (Wildman–Crippen MR) is 144 cm³/mol. The third kappa shape index (κ3) is 6.81. The zero-order chi connectivity index (χ0) is 27.2. The molecule has 0 heterocycles. The van der Waals surface area contributed by atoms with E-state index in [1.54, 1.807) is 67.6 Å². The summed E-state index contributed by atoms with van der Waals surface area (Å²) in [5.74, 6) is -0.406. The van der Waals surface area contributed by atoms with Crippen LogP contribution in [-0.2, 0) is 26.2 Å². The molecule has 0 unspecified atom stereocenters. The molecule has 0 saturated heterocycles. The molecule has 0 aromatic heterocycles. The Bertz CT molecular complexity index is 1330. The van der Waals surface area contributed by atoms with Crippen LogP contribution in [0.3, 0.4) is 0 Å². The quantitative estimate of drug-likeness (QED) is 0.417. The zero-order valence-electron chi connectivity index (χ0n) is 21.1. The number of likely N-dealkylation sites (N-methyl/N-ethyl adjacent to an activating group) is 1. The number of benzene rings is 3. The Morgan fingerprint density at radius 3 is 2.11 bits per heavy atom. The standard InChI is InChI=1S/C27H30ClN3O5S/c1-19-5-11-23(12-6-19)31(37(34,35)25-15-13-24(36-4)14-16-25)18-26(32)30(20(2)27(33)29-3)17-21-7-9-22(28)10-8-21/h5-16,20H,17-18H2,1-4H3,(H,29,33)/t20-/m0/s1. The van der Waals surface area contributed by atoms with E-state index in [1.165, 1.54) is 31.2 Å². The van der Waals surface area contributed by atoms with Crippen LogP contribution in [0.4, 0.5) is 5.69 Å². The third-order valence-corrected chi connectivity index (χ3v) is 7.97. The monoisotopic (exact) mass is 543 g/mol. The number of sulfonamides is 1. The molecule has 0 bridgehead atoms. The first-order valence-electron chi connectivity index (χ1n) is 11.6. The minimum atomic E-state index is -4.14. The molecule has 8 nitrogen and oxygen atoms in total. The Morgan fingerprint density at radius 1 is 0.973 bits per heavy atom. The van der Waals surface area contributed by atoms with Crippen molar-refractivity contribution in [1.82, 2.24) is 10.2 Å². The van der Waals surface area contributed by atoms with Gasteiger partial charge >= 0.3 is 0 Å². The average molecular weight is 544 g/mol. The summed E-state index contributed by atoms with van der Waals surface area (Å²) in [6, 6.07) is 18.8. The highest BCUT2D eigenvalue weighted by molar-refractivity contribution is 7.92. The number of carbonyl (C=O) groups is 2. The van der Waals surface area contributed by atoms with Crippen LogP contribution < -0.4 is 14.4 Å². The van der Waals surface area contributed by atoms with Crippen molar-refractivity contribution < 1.29 is 22.7 Å². The van der Waals surface area contributed by atoms with Gasteiger partial charge in [0.2, 0.25) is 11.8 Å². The summed E-state index contributed by atoms with van der Waals surface area (Å²) in [5.41, 5.74) is 2.01. The number of ether oxygens (including phenoxy) is 1. The molecule has 10 heteroatoms. The summed E-state index contributed by atoms with van der Waals surface area (Å²) in [5, 5.41) is 3.09. The number of nitrogens with one attached hydrogen (secondary N) is 1. The molecule has 0 radical (unpaired) electrons. The Kier molecular flexibility index (Phi) is 9.18. The maximum Gasteiger partial charge on any atom is 0.264 e. The summed E-state index contributed by atoms with van der Waals surface area (Å²) in [4.78, 5) is 27.6. The molecule has 0 spiro atoms. The number of rotatable bonds is 10. The van der Waals surface area contributed by atoms with Crippen molar-refractivity contribution in [3.05, 3.63) is 88.9 Å². The average Bonchev–Trinajstić information content (AvgIpc) is 2.91. The highest BCUT2D eigenvalue weighted by Gasteiger charge is 2.32. The summed E-state index contributed by atoms with van der Waals surface area (Å²) in [6.45, 7) is 3.07. The van der Waals surface area contributed by atoms with E-state index in [0.29, 0.717) is 16.5 Å². The van der Waals surface area contributed by atoms with Crippen molar-refractivity contribution in [2.24, 2.45) is 0 Å². The second-order valence-electron chi connectivity index (χ2n) is 8.46. The molecular formula is C27H30ClN3O5S. The molecule has 196 valence electrons. The number of hydrogen-bond acceptors (Lipinski definition) is 5. The summed E-state index contributed by atoms with van der Waals surface area (Å²) in [6.07, 6.45) is 0. The Balaban J connectivity index is 2.01. The van der Waals surface area contributed by atoms with Crippen molar-refractivity contribution in [3.8, 4) is 5.75 Å². The van der Waals surface area contributed by atoms with E-state index in [0.717, 1.165) is 15.4 Å².